The van der Waals surface area contributed by atoms with Gasteiger partial charge in [0.1, 0.15) is 5.75 Å². The Kier molecular flexibility index (Phi) is 4.57. The standard InChI is InChI=1S/C23H20N2O3/c1-15-4-5-18(23(26)28-3)13-21(15)17-10-11-25-19(12-17)14-22(24-25)16-6-8-20(27-2)9-7-16/h4-14H,1-3H3. The zero-order valence-corrected chi connectivity index (χ0v) is 16.0. The minimum atomic E-state index is -0.339. The fourth-order valence-corrected chi connectivity index (χ4v) is 3.24. The molecule has 0 aliphatic rings. The fraction of sp³-hybridized carbons (Fsp3) is 0.130. The van der Waals surface area contributed by atoms with Crippen LogP contribution < -0.4 is 4.74 Å². The summed E-state index contributed by atoms with van der Waals surface area (Å²) in [7, 11) is 3.04. The molecule has 0 spiro atoms. The number of esters is 1. The number of carbonyl (C=O) groups is 1. The van der Waals surface area contributed by atoms with E-state index in [1.807, 2.05) is 66.2 Å². The molecule has 0 amide bonds. The van der Waals surface area contributed by atoms with Gasteiger partial charge in [-0.2, -0.15) is 5.10 Å². The maximum Gasteiger partial charge on any atom is 0.337 e. The Morgan fingerprint density at radius 3 is 2.43 bits per heavy atom. The molecular weight excluding hydrogens is 352 g/mol. The van der Waals surface area contributed by atoms with E-state index in [9.17, 15) is 4.79 Å². The Balaban J connectivity index is 1.75. The lowest BCUT2D eigenvalue weighted by Crippen LogP contribution is -2.01. The summed E-state index contributed by atoms with van der Waals surface area (Å²) in [6.07, 6.45) is 1.93. The Bertz CT molecular complexity index is 1160. The second-order valence-corrected chi connectivity index (χ2v) is 6.56. The number of carbonyl (C=O) groups excluding carboxylic acids is 1. The summed E-state index contributed by atoms with van der Waals surface area (Å²) in [5.74, 6) is 0.476. The van der Waals surface area contributed by atoms with Crippen molar-refractivity contribution in [3.05, 3.63) is 78.0 Å². The number of rotatable bonds is 4. The maximum absolute atomic E-state index is 11.9. The largest absolute Gasteiger partial charge is 0.497 e. The molecule has 140 valence electrons. The van der Waals surface area contributed by atoms with Crippen molar-refractivity contribution < 1.29 is 14.3 Å². The van der Waals surface area contributed by atoms with Gasteiger partial charge in [-0.05, 0) is 78.2 Å². The molecule has 0 radical (unpaired) electrons. The number of fused-ring (bicyclic) bond motifs is 1. The number of benzene rings is 2. The van der Waals surface area contributed by atoms with Crippen LogP contribution in [0.1, 0.15) is 15.9 Å². The number of methoxy groups -OCH3 is 2. The summed E-state index contributed by atoms with van der Waals surface area (Å²) in [6.45, 7) is 2.03. The van der Waals surface area contributed by atoms with Crippen LogP contribution in [0.2, 0.25) is 0 Å². The van der Waals surface area contributed by atoms with Crippen LogP contribution in [0.4, 0.5) is 0 Å². The number of pyridine rings is 1. The Morgan fingerprint density at radius 2 is 1.71 bits per heavy atom. The summed E-state index contributed by atoms with van der Waals surface area (Å²) in [5, 5.41) is 4.66. The average Bonchev–Trinajstić information content (AvgIpc) is 3.17. The third-order valence-corrected chi connectivity index (χ3v) is 4.82. The van der Waals surface area contributed by atoms with Gasteiger partial charge in [0.2, 0.25) is 0 Å². The first-order chi connectivity index (χ1) is 13.6. The molecule has 5 nitrogen and oxygen atoms in total. The van der Waals surface area contributed by atoms with Crippen LogP contribution >= 0.6 is 0 Å². The van der Waals surface area contributed by atoms with Gasteiger partial charge in [-0.1, -0.05) is 6.07 Å². The SMILES string of the molecule is COC(=O)c1ccc(C)c(-c2ccn3nc(-c4ccc(OC)cc4)cc3c2)c1. The van der Waals surface area contributed by atoms with E-state index >= 15 is 0 Å². The highest BCUT2D eigenvalue weighted by Crippen LogP contribution is 2.28. The minimum absolute atomic E-state index is 0.339. The first-order valence-electron chi connectivity index (χ1n) is 8.92. The van der Waals surface area contributed by atoms with Gasteiger partial charge < -0.3 is 9.47 Å². The van der Waals surface area contributed by atoms with Gasteiger partial charge in [0.05, 0.1) is 31.0 Å². The van der Waals surface area contributed by atoms with Crippen molar-refractivity contribution in [3.63, 3.8) is 0 Å². The van der Waals surface area contributed by atoms with E-state index in [0.29, 0.717) is 5.56 Å². The van der Waals surface area contributed by atoms with Crippen LogP contribution in [-0.2, 0) is 4.74 Å². The first-order valence-corrected chi connectivity index (χ1v) is 8.92. The van der Waals surface area contributed by atoms with Crippen LogP contribution in [0.3, 0.4) is 0 Å². The van der Waals surface area contributed by atoms with E-state index in [0.717, 1.165) is 39.2 Å². The topological polar surface area (TPSA) is 52.8 Å². The lowest BCUT2D eigenvalue weighted by molar-refractivity contribution is 0.0601. The van der Waals surface area contributed by atoms with E-state index in [4.69, 9.17) is 9.47 Å². The van der Waals surface area contributed by atoms with E-state index in [1.165, 1.54) is 7.11 Å². The molecule has 5 heteroatoms. The molecule has 4 rings (SSSR count). The Labute approximate surface area is 163 Å². The highest BCUT2D eigenvalue weighted by molar-refractivity contribution is 5.91. The number of hydrogen-bond donors (Lipinski definition) is 0. The van der Waals surface area contributed by atoms with Gasteiger partial charge >= 0.3 is 5.97 Å². The van der Waals surface area contributed by atoms with Gasteiger partial charge in [0, 0.05) is 11.8 Å². The summed E-state index contributed by atoms with van der Waals surface area (Å²) in [6, 6.07) is 19.5. The Morgan fingerprint density at radius 1 is 0.929 bits per heavy atom. The lowest BCUT2D eigenvalue weighted by atomic mass is 9.98. The minimum Gasteiger partial charge on any atom is -0.497 e. The monoisotopic (exact) mass is 372 g/mol. The van der Waals surface area contributed by atoms with Gasteiger partial charge in [0.15, 0.2) is 0 Å². The molecule has 0 aliphatic heterocycles. The third kappa shape index (κ3) is 3.22. The summed E-state index contributed by atoms with van der Waals surface area (Å²) in [5.41, 5.74) is 6.54. The van der Waals surface area contributed by atoms with Gasteiger partial charge in [-0.3, -0.25) is 0 Å². The zero-order valence-electron chi connectivity index (χ0n) is 16.0. The molecule has 0 fully saturated rings. The molecule has 2 aromatic carbocycles. The van der Waals surface area contributed by atoms with E-state index in [1.54, 1.807) is 13.2 Å². The molecule has 0 aliphatic carbocycles. The second-order valence-electron chi connectivity index (χ2n) is 6.56. The maximum atomic E-state index is 11.9. The molecule has 28 heavy (non-hydrogen) atoms. The number of nitrogens with zero attached hydrogens (tertiary/aromatic N) is 2. The molecular formula is C23H20N2O3. The first kappa shape index (κ1) is 17.8. The van der Waals surface area contributed by atoms with Crippen LogP contribution in [-0.4, -0.2) is 29.8 Å². The fourth-order valence-electron chi connectivity index (χ4n) is 3.24. The number of aryl methyl sites for hydroxylation is 1. The summed E-state index contributed by atoms with van der Waals surface area (Å²) >= 11 is 0. The molecule has 0 atom stereocenters. The van der Waals surface area contributed by atoms with Crippen LogP contribution in [0.15, 0.2) is 66.9 Å². The smallest absolute Gasteiger partial charge is 0.337 e. The molecule has 0 N–H and O–H groups in total. The molecule has 4 aromatic rings. The third-order valence-electron chi connectivity index (χ3n) is 4.82. The molecule has 2 heterocycles. The quantitative estimate of drug-likeness (QED) is 0.484. The van der Waals surface area contributed by atoms with Gasteiger partial charge in [-0.25, -0.2) is 9.31 Å². The van der Waals surface area contributed by atoms with Crippen LogP contribution in [0.25, 0.3) is 27.9 Å². The van der Waals surface area contributed by atoms with Crippen molar-refractivity contribution in [1.82, 2.24) is 9.61 Å². The predicted molar refractivity (Wildman–Crippen MR) is 109 cm³/mol. The van der Waals surface area contributed by atoms with Crippen molar-refractivity contribution in [3.8, 4) is 28.1 Å². The van der Waals surface area contributed by atoms with Crippen molar-refractivity contribution >= 4 is 11.5 Å². The zero-order chi connectivity index (χ0) is 19.7. The molecule has 2 aromatic heterocycles. The average molecular weight is 372 g/mol. The molecule has 0 bridgehead atoms. The van der Waals surface area contributed by atoms with Gasteiger partial charge in [-0.15, -0.1) is 0 Å². The highest BCUT2D eigenvalue weighted by atomic mass is 16.5. The van der Waals surface area contributed by atoms with Crippen molar-refractivity contribution in [2.24, 2.45) is 0 Å². The molecule has 0 saturated heterocycles. The van der Waals surface area contributed by atoms with Gasteiger partial charge in [0.25, 0.3) is 0 Å². The predicted octanol–water partition coefficient (Wildman–Crippen LogP) is 4.77. The molecule has 0 saturated carbocycles. The van der Waals surface area contributed by atoms with Crippen LogP contribution in [0, 0.1) is 6.92 Å². The number of hydrogen-bond acceptors (Lipinski definition) is 4. The van der Waals surface area contributed by atoms with E-state index in [-0.39, 0.29) is 5.97 Å². The molecule has 0 unspecified atom stereocenters. The highest BCUT2D eigenvalue weighted by Gasteiger charge is 2.11. The van der Waals surface area contributed by atoms with E-state index in [2.05, 4.69) is 11.2 Å². The van der Waals surface area contributed by atoms with Crippen molar-refractivity contribution in [1.29, 1.82) is 0 Å². The summed E-state index contributed by atoms with van der Waals surface area (Å²) < 4.78 is 11.9. The number of ether oxygens (including phenoxy) is 2. The van der Waals surface area contributed by atoms with Crippen LogP contribution in [0.5, 0.6) is 5.75 Å². The number of aromatic nitrogens is 2. The second kappa shape index (κ2) is 7.19. The van der Waals surface area contributed by atoms with Crippen molar-refractivity contribution in [2.45, 2.75) is 6.92 Å². The summed E-state index contributed by atoms with van der Waals surface area (Å²) in [4.78, 5) is 11.9. The Hall–Kier alpha value is -3.60. The normalized spacial score (nSPS) is 10.8. The van der Waals surface area contributed by atoms with E-state index < -0.39 is 0 Å². The van der Waals surface area contributed by atoms with Crippen molar-refractivity contribution in [2.75, 3.05) is 14.2 Å². The lowest BCUT2D eigenvalue weighted by Gasteiger charge is -2.09.